The van der Waals surface area contributed by atoms with Crippen molar-refractivity contribution in [1.29, 1.82) is 0 Å². The highest BCUT2D eigenvalue weighted by molar-refractivity contribution is 6.00. The molecule has 0 heterocycles. The van der Waals surface area contributed by atoms with Crippen molar-refractivity contribution < 1.29 is 14.3 Å². The van der Waals surface area contributed by atoms with Crippen LogP contribution < -0.4 is 9.64 Å². The van der Waals surface area contributed by atoms with Gasteiger partial charge in [-0.2, -0.15) is 0 Å². The first-order chi connectivity index (χ1) is 8.31. The van der Waals surface area contributed by atoms with Gasteiger partial charge in [-0.3, -0.25) is 9.59 Å². The van der Waals surface area contributed by atoms with Gasteiger partial charge in [-0.25, -0.2) is 0 Å². The fraction of sp³-hybridized carbons (Fsp3) is 0.429. The second-order valence-electron chi connectivity index (χ2n) is 5.16. The van der Waals surface area contributed by atoms with Crippen LogP contribution in [0.4, 0.5) is 5.69 Å². The van der Waals surface area contributed by atoms with Crippen LogP contribution in [0.3, 0.4) is 0 Å². The zero-order valence-corrected chi connectivity index (χ0v) is 11.5. The fourth-order valence-electron chi connectivity index (χ4n) is 1.65. The third-order valence-corrected chi connectivity index (χ3v) is 2.67. The molecular formula is C14H19NO3. The Kier molecular flexibility index (Phi) is 4.11. The summed E-state index contributed by atoms with van der Waals surface area (Å²) in [6.07, 6.45) is 0.737. The molecule has 0 saturated heterocycles. The van der Waals surface area contributed by atoms with Crippen molar-refractivity contribution >= 4 is 17.9 Å². The van der Waals surface area contributed by atoms with Gasteiger partial charge in [0.15, 0.2) is 6.29 Å². The minimum absolute atomic E-state index is 0.0566. The van der Waals surface area contributed by atoms with E-state index in [0.717, 1.165) is 6.29 Å². The summed E-state index contributed by atoms with van der Waals surface area (Å²) in [5.41, 5.74) is 0.526. The van der Waals surface area contributed by atoms with Gasteiger partial charge >= 0.3 is 0 Å². The van der Waals surface area contributed by atoms with Crippen molar-refractivity contribution in [3.8, 4) is 5.75 Å². The number of ether oxygens (including phenoxy) is 1. The average molecular weight is 249 g/mol. The molecule has 4 heteroatoms. The number of rotatable bonds is 3. The van der Waals surface area contributed by atoms with Crippen LogP contribution in [0.1, 0.15) is 31.1 Å². The normalized spacial score (nSPS) is 10.9. The van der Waals surface area contributed by atoms with E-state index in [1.54, 1.807) is 32.4 Å². The summed E-state index contributed by atoms with van der Waals surface area (Å²) < 4.78 is 5.12. The Morgan fingerprint density at radius 2 is 1.94 bits per heavy atom. The second kappa shape index (κ2) is 5.21. The number of methoxy groups -OCH3 is 1. The molecule has 0 bridgehead atoms. The van der Waals surface area contributed by atoms with Crippen LogP contribution in [0.5, 0.6) is 5.75 Å². The predicted molar refractivity (Wildman–Crippen MR) is 71.2 cm³/mol. The first-order valence-electron chi connectivity index (χ1n) is 5.72. The minimum atomic E-state index is -0.502. The van der Waals surface area contributed by atoms with Gasteiger partial charge in [-0.1, -0.05) is 20.8 Å². The quantitative estimate of drug-likeness (QED) is 0.773. The van der Waals surface area contributed by atoms with Crippen molar-refractivity contribution in [2.45, 2.75) is 20.8 Å². The highest BCUT2D eigenvalue weighted by Gasteiger charge is 2.27. The van der Waals surface area contributed by atoms with Crippen molar-refractivity contribution in [1.82, 2.24) is 0 Å². The van der Waals surface area contributed by atoms with Gasteiger partial charge in [-0.15, -0.1) is 0 Å². The predicted octanol–water partition coefficient (Wildman–Crippen LogP) is 2.52. The Labute approximate surface area is 108 Å². The summed E-state index contributed by atoms with van der Waals surface area (Å²) >= 11 is 0. The van der Waals surface area contributed by atoms with Gasteiger partial charge in [0.05, 0.1) is 12.8 Å². The largest absolute Gasteiger partial charge is 0.497 e. The standard InChI is InChI=1S/C14H19NO3/c1-14(2,3)13(17)15(4)12-8-11(18-5)7-6-10(12)9-16/h6-9H,1-5H3. The number of amides is 1. The van der Waals surface area contributed by atoms with Gasteiger partial charge in [0.2, 0.25) is 5.91 Å². The van der Waals surface area contributed by atoms with E-state index in [0.29, 0.717) is 17.0 Å². The molecule has 1 aromatic rings. The van der Waals surface area contributed by atoms with Crippen LogP contribution in [0.2, 0.25) is 0 Å². The highest BCUT2D eigenvalue weighted by Crippen LogP contribution is 2.27. The Balaban J connectivity index is 3.22. The highest BCUT2D eigenvalue weighted by atomic mass is 16.5. The van der Waals surface area contributed by atoms with E-state index in [-0.39, 0.29) is 5.91 Å². The third kappa shape index (κ3) is 2.88. The third-order valence-electron chi connectivity index (χ3n) is 2.67. The topological polar surface area (TPSA) is 46.6 Å². The van der Waals surface area contributed by atoms with Crippen molar-refractivity contribution in [2.24, 2.45) is 5.41 Å². The molecule has 0 atom stereocenters. The van der Waals surface area contributed by atoms with Crippen molar-refractivity contribution in [2.75, 3.05) is 19.1 Å². The van der Waals surface area contributed by atoms with E-state index in [1.807, 2.05) is 20.8 Å². The van der Waals surface area contributed by atoms with Crippen LogP contribution >= 0.6 is 0 Å². The molecular weight excluding hydrogens is 230 g/mol. The zero-order chi connectivity index (χ0) is 13.9. The van der Waals surface area contributed by atoms with Gasteiger partial charge in [0.25, 0.3) is 0 Å². The van der Waals surface area contributed by atoms with Gasteiger partial charge in [0.1, 0.15) is 5.75 Å². The lowest BCUT2D eigenvalue weighted by Gasteiger charge is -2.27. The summed E-state index contributed by atoms with van der Waals surface area (Å²) in [6.45, 7) is 5.52. The number of benzene rings is 1. The number of hydrogen-bond donors (Lipinski definition) is 0. The molecule has 0 spiro atoms. The van der Waals surface area contributed by atoms with Crippen LogP contribution in [0.25, 0.3) is 0 Å². The maximum atomic E-state index is 12.2. The number of carbonyl (C=O) groups is 2. The van der Waals surface area contributed by atoms with E-state index in [4.69, 9.17) is 4.74 Å². The van der Waals surface area contributed by atoms with E-state index < -0.39 is 5.41 Å². The Hall–Kier alpha value is -1.84. The van der Waals surface area contributed by atoms with E-state index in [9.17, 15) is 9.59 Å². The molecule has 0 aliphatic rings. The molecule has 0 saturated carbocycles. The Morgan fingerprint density at radius 1 is 1.33 bits per heavy atom. The Bertz CT molecular complexity index is 461. The molecule has 0 aliphatic heterocycles. The van der Waals surface area contributed by atoms with E-state index in [1.165, 1.54) is 4.90 Å². The SMILES string of the molecule is COc1ccc(C=O)c(N(C)C(=O)C(C)(C)C)c1. The molecule has 0 aliphatic carbocycles. The zero-order valence-electron chi connectivity index (χ0n) is 11.5. The monoisotopic (exact) mass is 249 g/mol. The molecule has 0 N–H and O–H groups in total. The molecule has 98 valence electrons. The average Bonchev–Trinajstić information content (AvgIpc) is 2.35. The van der Waals surface area contributed by atoms with E-state index >= 15 is 0 Å². The Morgan fingerprint density at radius 3 is 2.39 bits per heavy atom. The molecule has 4 nitrogen and oxygen atoms in total. The molecule has 0 fully saturated rings. The van der Waals surface area contributed by atoms with Gasteiger partial charge in [0, 0.05) is 24.1 Å². The molecule has 1 amide bonds. The van der Waals surface area contributed by atoms with Crippen LogP contribution in [-0.4, -0.2) is 26.4 Å². The first-order valence-corrected chi connectivity index (χ1v) is 5.72. The summed E-state index contributed by atoms with van der Waals surface area (Å²) in [7, 11) is 3.21. The second-order valence-corrected chi connectivity index (χ2v) is 5.16. The molecule has 0 radical (unpaired) electrons. The minimum Gasteiger partial charge on any atom is -0.497 e. The number of carbonyl (C=O) groups excluding carboxylic acids is 2. The molecule has 1 aromatic carbocycles. The number of anilines is 1. The lowest BCUT2D eigenvalue weighted by Crippen LogP contribution is -2.37. The van der Waals surface area contributed by atoms with Crippen molar-refractivity contribution in [3.05, 3.63) is 23.8 Å². The molecule has 1 rings (SSSR count). The van der Waals surface area contributed by atoms with Gasteiger partial charge in [-0.05, 0) is 12.1 Å². The van der Waals surface area contributed by atoms with E-state index in [2.05, 4.69) is 0 Å². The maximum absolute atomic E-state index is 12.2. The van der Waals surface area contributed by atoms with Crippen LogP contribution in [0.15, 0.2) is 18.2 Å². The summed E-state index contributed by atoms with van der Waals surface area (Å²) in [5.74, 6) is 0.558. The summed E-state index contributed by atoms with van der Waals surface area (Å²) in [6, 6.07) is 5.03. The molecule has 0 aromatic heterocycles. The lowest BCUT2D eigenvalue weighted by atomic mass is 9.94. The van der Waals surface area contributed by atoms with Crippen LogP contribution in [0, 0.1) is 5.41 Å². The van der Waals surface area contributed by atoms with Gasteiger partial charge < -0.3 is 9.64 Å². The van der Waals surface area contributed by atoms with Crippen LogP contribution in [-0.2, 0) is 4.79 Å². The summed E-state index contributed by atoms with van der Waals surface area (Å²) in [5, 5.41) is 0. The first kappa shape index (κ1) is 14.2. The van der Waals surface area contributed by atoms with Crippen molar-refractivity contribution in [3.63, 3.8) is 0 Å². The maximum Gasteiger partial charge on any atom is 0.232 e. The summed E-state index contributed by atoms with van der Waals surface area (Å²) in [4.78, 5) is 24.7. The fourth-order valence-corrected chi connectivity index (χ4v) is 1.65. The number of aldehydes is 1. The molecule has 18 heavy (non-hydrogen) atoms. The lowest BCUT2D eigenvalue weighted by molar-refractivity contribution is -0.125. The molecule has 0 unspecified atom stereocenters. The number of hydrogen-bond acceptors (Lipinski definition) is 3. The number of nitrogens with zero attached hydrogens (tertiary/aromatic N) is 1. The smallest absolute Gasteiger partial charge is 0.232 e.